The van der Waals surface area contributed by atoms with Gasteiger partial charge in [-0.25, -0.2) is 4.98 Å². The Balaban J connectivity index is 2.15. The first-order valence-corrected chi connectivity index (χ1v) is 6.28. The number of H-pyrrole nitrogens is 1. The summed E-state index contributed by atoms with van der Waals surface area (Å²) in [5, 5.41) is 6.01. The van der Waals surface area contributed by atoms with Gasteiger partial charge in [0.25, 0.3) is 0 Å². The number of carbonyl (C=O) groups is 1. The fraction of sp³-hybridized carbons (Fsp3) is 0.286. The predicted molar refractivity (Wildman–Crippen MR) is 77.9 cm³/mol. The van der Waals surface area contributed by atoms with Crippen LogP contribution in [0, 0.1) is 6.92 Å². The second-order valence-corrected chi connectivity index (χ2v) is 4.42. The number of nitrogens with zero attached hydrogens (tertiary/aromatic N) is 1. The minimum Gasteiger partial charge on any atom is -0.495 e. The maximum Gasteiger partial charge on any atom is 0.221 e. The molecule has 20 heavy (non-hydrogen) atoms. The molecule has 106 valence electrons. The molecular weight excluding hydrogens is 256 g/mol. The van der Waals surface area contributed by atoms with Crippen LogP contribution in [-0.4, -0.2) is 23.0 Å². The summed E-state index contributed by atoms with van der Waals surface area (Å²) in [5.41, 5.74) is 3.49. The molecule has 1 aromatic heterocycles. The molecule has 0 bridgehead atoms. The normalized spacial score (nSPS) is 10.2. The number of aryl methyl sites for hydroxylation is 1. The van der Waals surface area contributed by atoms with Gasteiger partial charge in [-0.3, -0.25) is 4.79 Å². The number of rotatable bonds is 5. The number of nitrogens with one attached hydrogen (secondary N) is 3. The van der Waals surface area contributed by atoms with Crippen LogP contribution in [0.2, 0.25) is 0 Å². The highest BCUT2D eigenvalue weighted by Gasteiger charge is 2.07. The van der Waals surface area contributed by atoms with E-state index in [1.165, 1.54) is 6.92 Å². The van der Waals surface area contributed by atoms with Crippen LogP contribution in [0.1, 0.15) is 18.3 Å². The number of hydrogen-bond donors (Lipinski definition) is 3. The summed E-state index contributed by atoms with van der Waals surface area (Å²) in [4.78, 5) is 18.4. The van der Waals surface area contributed by atoms with Crippen molar-refractivity contribution in [3.8, 4) is 5.75 Å². The van der Waals surface area contributed by atoms with Crippen molar-refractivity contribution >= 4 is 17.3 Å². The van der Waals surface area contributed by atoms with Gasteiger partial charge < -0.3 is 20.4 Å². The average molecular weight is 274 g/mol. The standard InChI is InChI=1S/C14H18N4O2/c1-9-13(17-8-16-9)7-15-12-6-11(18-10(2)19)4-5-14(12)20-3/h4-6,8,15H,7H2,1-3H3,(H,16,17)(H,18,19). The third kappa shape index (κ3) is 3.28. The molecule has 0 aliphatic heterocycles. The number of aromatic nitrogens is 2. The Bertz CT molecular complexity index is 607. The second-order valence-electron chi connectivity index (χ2n) is 4.42. The molecule has 6 heteroatoms. The highest BCUT2D eigenvalue weighted by atomic mass is 16.5. The zero-order chi connectivity index (χ0) is 14.5. The Morgan fingerprint density at radius 3 is 2.85 bits per heavy atom. The first kappa shape index (κ1) is 13.9. The predicted octanol–water partition coefficient (Wildman–Crippen LogP) is 2.30. The van der Waals surface area contributed by atoms with E-state index >= 15 is 0 Å². The molecule has 0 atom stereocenters. The van der Waals surface area contributed by atoms with Crippen LogP contribution in [0.4, 0.5) is 11.4 Å². The van der Waals surface area contributed by atoms with Crippen molar-refractivity contribution in [2.45, 2.75) is 20.4 Å². The van der Waals surface area contributed by atoms with Crippen molar-refractivity contribution in [1.82, 2.24) is 9.97 Å². The van der Waals surface area contributed by atoms with Crippen molar-refractivity contribution in [1.29, 1.82) is 0 Å². The summed E-state index contributed by atoms with van der Waals surface area (Å²) >= 11 is 0. The van der Waals surface area contributed by atoms with Crippen molar-refractivity contribution in [3.63, 3.8) is 0 Å². The lowest BCUT2D eigenvalue weighted by molar-refractivity contribution is -0.114. The molecule has 0 radical (unpaired) electrons. The molecule has 0 saturated carbocycles. The van der Waals surface area contributed by atoms with E-state index in [9.17, 15) is 4.79 Å². The van der Waals surface area contributed by atoms with Gasteiger partial charge in [0.05, 0.1) is 31.4 Å². The van der Waals surface area contributed by atoms with Gasteiger partial charge in [-0.1, -0.05) is 0 Å². The van der Waals surface area contributed by atoms with Gasteiger partial charge in [-0.05, 0) is 25.1 Å². The lowest BCUT2D eigenvalue weighted by atomic mass is 10.2. The number of anilines is 2. The summed E-state index contributed by atoms with van der Waals surface area (Å²) < 4.78 is 5.30. The Labute approximate surface area is 117 Å². The number of ether oxygens (including phenoxy) is 1. The average Bonchev–Trinajstić information content (AvgIpc) is 2.81. The van der Waals surface area contributed by atoms with Crippen molar-refractivity contribution < 1.29 is 9.53 Å². The summed E-state index contributed by atoms with van der Waals surface area (Å²) in [6.07, 6.45) is 1.66. The minimum absolute atomic E-state index is 0.107. The Kier molecular flexibility index (Phi) is 4.24. The number of methoxy groups -OCH3 is 1. The van der Waals surface area contributed by atoms with E-state index in [1.807, 2.05) is 19.1 Å². The fourth-order valence-electron chi connectivity index (χ4n) is 1.87. The lowest BCUT2D eigenvalue weighted by Gasteiger charge is -2.12. The van der Waals surface area contributed by atoms with E-state index < -0.39 is 0 Å². The van der Waals surface area contributed by atoms with Crippen LogP contribution >= 0.6 is 0 Å². The number of imidazole rings is 1. The molecule has 0 unspecified atom stereocenters. The second kappa shape index (κ2) is 6.10. The zero-order valence-electron chi connectivity index (χ0n) is 11.8. The third-order valence-electron chi connectivity index (χ3n) is 2.90. The number of hydrogen-bond acceptors (Lipinski definition) is 4. The maximum absolute atomic E-state index is 11.1. The van der Waals surface area contributed by atoms with Gasteiger partial charge in [0.15, 0.2) is 0 Å². The van der Waals surface area contributed by atoms with Crippen molar-refractivity contribution in [2.24, 2.45) is 0 Å². The summed E-state index contributed by atoms with van der Waals surface area (Å²) in [6, 6.07) is 5.44. The summed E-state index contributed by atoms with van der Waals surface area (Å²) in [7, 11) is 1.61. The van der Waals surface area contributed by atoms with Crippen LogP contribution in [-0.2, 0) is 11.3 Å². The number of aromatic amines is 1. The molecule has 0 saturated heterocycles. The van der Waals surface area contributed by atoms with Gasteiger partial charge in [0, 0.05) is 18.3 Å². The molecule has 0 spiro atoms. The first-order chi connectivity index (χ1) is 9.60. The van der Waals surface area contributed by atoms with Gasteiger partial charge in [0.2, 0.25) is 5.91 Å². The van der Waals surface area contributed by atoms with Gasteiger partial charge >= 0.3 is 0 Å². The Morgan fingerprint density at radius 2 is 2.25 bits per heavy atom. The largest absolute Gasteiger partial charge is 0.495 e. The molecule has 6 nitrogen and oxygen atoms in total. The molecular formula is C14H18N4O2. The topological polar surface area (TPSA) is 79.0 Å². The number of carbonyl (C=O) groups excluding carboxylic acids is 1. The molecule has 0 aliphatic rings. The van der Waals surface area contributed by atoms with Crippen LogP contribution in [0.25, 0.3) is 0 Å². The number of benzene rings is 1. The molecule has 0 aliphatic carbocycles. The Hall–Kier alpha value is -2.50. The zero-order valence-corrected chi connectivity index (χ0v) is 11.8. The van der Waals surface area contributed by atoms with E-state index in [2.05, 4.69) is 20.6 Å². The quantitative estimate of drug-likeness (QED) is 0.781. The highest BCUT2D eigenvalue weighted by molar-refractivity contribution is 5.89. The minimum atomic E-state index is -0.107. The van der Waals surface area contributed by atoms with E-state index in [-0.39, 0.29) is 5.91 Å². The van der Waals surface area contributed by atoms with Gasteiger partial charge in [-0.2, -0.15) is 0 Å². The smallest absolute Gasteiger partial charge is 0.221 e. The monoisotopic (exact) mass is 274 g/mol. The van der Waals surface area contributed by atoms with Gasteiger partial charge in [0.1, 0.15) is 5.75 Å². The summed E-state index contributed by atoms with van der Waals surface area (Å²) in [5.74, 6) is 0.608. The molecule has 1 aromatic carbocycles. The third-order valence-corrected chi connectivity index (χ3v) is 2.90. The van der Waals surface area contributed by atoms with E-state index in [4.69, 9.17) is 4.74 Å². The molecule has 1 heterocycles. The number of amides is 1. The fourth-order valence-corrected chi connectivity index (χ4v) is 1.87. The van der Waals surface area contributed by atoms with E-state index in [0.717, 1.165) is 22.8 Å². The van der Waals surface area contributed by atoms with Crippen molar-refractivity contribution in [2.75, 3.05) is 17.7 Å². The summed E-state index contributed by atoms with van der Waals surface area (Å²) in [6.45, 7) is 4.02. The molecule has 2 aromatic rings. The van der Waals surface area contributed by atoms with E-state index in [0.29, 0.717) is 12.3 Å². The van der Waals surface area contributed by atoms with E-state index in [1.54, 1.807) is 19.5 Å². The molecule has 2 rings (SSSR count). The molecule has 1 amide bonds. The molecule has 0 fully saturated rings. The van der Waals surface area contributed by atoms with Crippen LogP contribution in [0.5, 0.6) is 5.75 Å². The van der Waals surface area contributed by atoms with Crippen LogP contribution in [0.3, 0.4) is 0 Å². The molecule has 3 N–H and O–H groups in total. The Morgan fingerprint density at radius 1 is 1.45 bits per heavy atom. The highest BCUT2D eigenvalue weighted by Crippen LogP contribution is 2.28. The van der Waals surface area contributed by atoms with Crippen LogP contribution < -0.4 is 15.4 Å². The SMILES string of the molecule is COc1ccc(NC(C)=O)cc1NCc1nc[nH]c1C. The van der Waals surface area contributed by atoms with Crippen molar-refractivity contribution in [3.05, 3.63) is 35.9 Å². The first-order valence-electron chi connectivity index (χ1n) is 6.28. The van der Waals surface area contributed by atoms with Crippen LogP contribution in [0.15, 0.2) is 24.5 Å². The maximum atomic E-state index is 11.1. The van der Waals surface area contributed by atoms with Gasteiger partial charge in [-0.15, -0.1) is 0 Å². The lowest BCUT2D eigenvalue weighted by Crippen LogP contribution is -2.07.